The summed E-state index contributed by atoms with van der Waals surface area (Å²) in [7, 11) is 1.71. The largest absolute Gasteiger partial charge is 0.478 e. The molecule has 0 bridgehead atoms. The Morgan fingerprint density at radius 2 is 2.26 bits per heavy atom. The Morgan fingerprint density at radius 1 is 1.53 bits per heavy atom. The topological polar surface area (TPSA) is 71.5 Å². The number of aryl methyl sites for hydroxylation is 1. The van der Waals surface area contributed by atoms with Crippen molar-refractivity contribution in [3.63, 3.8) is 0 Å². The van der Waals surface area contributed by atoms with Gasteiger partial charge in [0.25, 0.3) is 0 Å². The van der Waals surface area contributed by atoms with Gasteiger partial charge in [0, 0.05) is 26.0 Å². The molecular weight excluding hydrogens is 244 g/mol. The lowest BCUT2D eigenvalue weighted by atomic mass is 10.0. The van der Waals surface area contributed by atoms with E-state index in [9.17, 15) is 4.79 Å². The molecular formula is C14H20N2O3. The fourth-order valence-electron chi connectivity index (χ4n) is 2.17. The molecule has 0 radical (unpaired) electrons. The lowest BCUT2D eigenvalue weighted by Crippen LogP contribution is -2.18. The predicted octanol–water partition coefficient (Wildman–Crippen LogP) is 2.32. The van der Waals surface area contributed by atoms with Crippen LogP contribution in [0.1, 0.15) is 35.3 Å². The van der Waals surface area contributed by atoms with E-state index in [4.69, 9.17) is 9.84 Å². The third-order valence-electron chi connectivity index (χ3n) is 3.64. The van der Waals surface area contributed by atoms with Crippen molar-refractivity contribution in [1.29, 1.82) is 0 Å². The van der Waals surface area contributed by atoms with E-state index in [0.29, 0.717) is 16.9 Å². The molecule has 19 heavy (non-hydrogen) atoms. The van der Waals surface area contributed by atoms with Gasteiger partial charge in [-0.1, -0.05) is 0 Å². The number of pyridine rings is 1. The summed E-state index contributed by atoms with van der Waals surface area (Å²) in [6.07, 6.45) is 3.43. The molecule has 0 amide bonds. The molecule has 1 saturated carbocycles. The Bertz CT molecular complexity index is 470. The number of carbonyl (C=O) groups is 1. The average molecular weight is 264 g/mol. The SMILES string of the molecule is COCCC1(CNc2cc(C(=O)O)cc(C)n2)CC1. The third-order valence-corrected chi connectivity index (χ3v) is 3.64. The quantitative estimate of drug-likeness (QED) is 0.790. The number of hydrogen-bond acceptors (Lipinski definition) is 4. The van der Waals surface area contributed by atoms with Gasteiger partial charge >= 0.3 is 5.97 Å². The van der Waals surface area contributed by atoms with Crippen LogP contribution >= 0.6 is 0 Å². The van der Waals surface area contributed by atoms with E-state index in [0.717, 1.165) is 19.6 Å². The van der Waals surface area contributed by atoms with Crippen molar-refractivity contribution in [2.45, 2.75) is 26.2 Å². The van der Waals surface area contributed by atoms with E-state index >= 15 is 0 Å². The summed E-state index contributed by atoms with van der Waals surface area (Å²) >= 11 is 0. The molecule has 5 nitrogen and oxygen atoms in total. The van der Waals surface area contributed by atoms with Crippen LogP contribution in [0.25, 0.3) is 0 Å². The first-order chi connectivity index (χ1) is 9.04. The summed E-state index contributed by atoms with van der Waals surface area (Å²) in [6.45, 7) is 3.39. The Balaban J connectivity index is 1.98. The number of aromatic nitrogens is 1. The lowest BCUT2D eigenvalue weighted by Gasteiger charge is -2.16. The molecule has 1 aliphatic carbocycles. The van der Waals surface area contributed by atoms with Gasteiger partial charge in [0.15, 0.2) is 0 Å². The van der Waals surface area contributed by atoms with Crippen LogP contribution in [0.15, 0.2) is 12.1 Å². The second-order valence-corrected chi connectivity index (χ2v) is 5.28. The molecule has 0 saturated heterocycles. The van der Waals surface area contributed by atoms with Crippen molar-refractivity contribution >= 4 is 11.8 Å². The summed E-state index contributed by atoms with van der Waals surface area (Å²) in [4.78, 5) is 15.3. The Kier molecular flexibility index (Phi) is 4.04. The molecule has 1 heterocycles. The molecule has 0 spiro atoms. The van der Waals surface area contributed by atoms with Gasteiger partial charge in [-0.2, -0.15) is 0 Å². The normalized spacial score (nSPS) is 16.1. The average Bonchev–Trinajstić information content (AvgIpc) is 3.14. The monoisotopic (exact) mass is 264 g/mol. The summed E-state index contributed by atoms with van der Waals surface area (Å²) in [5.41, 5.74) is 1.30. The number of ether oxygens (including phenoxy) is 1. The highest BCUT2D eigenvalue weighted by Gasteiger charge is 2.41. The first kappa shape index (κ1) is 13.8. The van der Waals surface area contributed by atoms with Crippen LogP contribution < -0.4 is 5.32 Å². The van der Waals surface area contributed by atoms with Gasteiger partial charge < -0.3 is 15.2 Å². The number of anilines is 1. The zero-order valence-electron chi connectivity index (χ0n) is 11.4. The van der Waals surface area contributed by atoms with Crippen molar-refractivity contribution < 1.29 is 14.6 Å². The molecule has 0 aliphatic heterocycles. The number of nitrogens with zero attached hydrogens (tertiary/aromatic N) is 1. The lowest BCUT2D eigenvalue weighted by molar-refractivity contribution is 0.0696. The summed E-state index contributed by atoms with van der Waals surface area (Å²) < 4.78 is 5.12. The fraction of sp³-hybridized carbons (Fsp3) is 0.571. The maximum atomic E-state index is 11.0. The highest BCUT2D eigenvalue weighted by atomic mass is 16.5. The minimum atomic E-state index is -0.922. The summed E-state index contributed by atoms with van der Waals surface area (Å²) in [5, 5.41) is 12.3. The van der Waals surface area contributed by atoms with Crippen molar-refractivity contribution in [2.24, 2.45) is 5.41 Å². The molecule has 2 N–H and O–H groups in total. The van der Waals surface area contributed by atoms with E-state index in [1.165, 1.54) is 12.8 Å². The molecule has 1 aromatic heterocycles. The second-order valence-electron chi connectivity index (χ2n) is 5.28. The van der Waals surface area contributed by atoms with Gasteiger partial charge in [0.05, 0.1) is 5.56 Å². The van der Waals surface area contributed by atoms with E-state index in [-0.39, 0.29) is 5.56 Å². The fourth-order valence-corrected chi connectivity index (χ4v) is 2.17. The van der Waals surface area contributed by atoms with Crippen LogP contribution in [0.2, 0.25) is 0 Å². The molecule has 0 unspecified atom stereocenters. The van der Waals surface area contributed by atoms with Gasteiger partial charge in [-0.05, 0) is 43.7 Å². The number of methoxy groups -OCH3 is 1. The van der Waals surface area contributed by atoms with E-state index in [1.54, 1.807) is 26.2 Å². The number of carboxylic acid groups (broad SMARTS) is 1. The first-order valence-electron chi connectivity index (χ1n) is 6.49. The third kappa shape index (κ3) is 3.67. The van der Waals surface area contributed by atoms with Crippen LogP contribution in [0.3, 0.4) is 0 Å². The Morgan fingerprint density at radius 3 is 2.84 bits per heavy atom. The van der Waals surface area contributed by atoms with E-state index < -0.39 is 5.97 Å². The van der Waals surface area contributed by atoms with E-state index in [2.05, 4.69) is 10.3 Å². The van der Waals surface area contributed by atoms with Gasteiger partial charge in [-0.3, -0.25) is 0 Å². The Labute approximate surface area is 113 Å². The molecule has 5 heteroatoms. The highest BCUT2D eigenvalue weighted by Crippen LogP contribution is 2.48. The zero-order chi connectivity index (χ0) is 13.9. The molecule has 1 fully saturated rings. The minimum absolute atomic E-state index is 0.275. The predicted molar refractivity (Wildman–Crippen MR) is 72.6 cm³/mol. The zero-order valence-corrected chi connectivity index (χ0v) is 11.4. The van der Waals surface area contributed by atoms with Gasteiger partial charge in [0.1, 0.15) is 5.82 Å². The summed E-state index contributed by atoms with van der Waals surface area (Å²) in [5.74, 6) is -0.282. The number of aromatic carboxylic acids is 1. The van der Waals surface area contributed by atoms with Crippen LogP contribution in [-0.4, -0.2) is 36.3 Å². The molecule has 1 aromatic rings. The van der Waals surface area contributed by atoms with Crippen LogP contribution in [0.4, 0.5) is 5.82 Å². The molecule has 1 aliphatic rings. The maximum absolute atomic E-state index is 11.0. The second kappa shape index (κ2) is 5.57. The van der Waals surface area contributed by atoms with Gasteiger partial charge in [0.2, 0.25) is 0 Å². The first-order valence-corrected chi connectivity index (χ1v) is 6.49. The van der Waals surface area contributed by atoms with Crippen molar-refractivity contribution in [3.8, 4) is 0 Å². The number of hydrogen-bond donors (Lipinski definition) is 2. The molecule has 0 atom stereocenters. The standard InChI is InChI=1S/C14H20N2O3/c1-10-7-11(13(17)18)8-12(16-10)15-9-14(3-4-14)5-6-19-2/h7-8H,3-6,9H2,1-2H3,(H,15,16)(H,17,18). The molecule has 104 valence electrons. The van der Waals surface area contributed by atoms with Crippen molar-refractivity contribution in [3.05, 3.63) is 23.4 Å². The van der Waals surface area contributed by atoms with Gasteiger partial charge in [-0.25, -0.2) is 9.78 Å². The van der Waals surface area contributed by atoms with Crippen molar-refractivity contribution in [1.82, 2.24) is 4.98 Å². The van der Waals surface area contributed by atoms with Crippen molar-refractivity contribution in [2.75, 3.05) is 25.6 Å². The number of rotatable bonds is 7. The van der Waals surface area contributed by atoms with Crippen LogP contribution in [-0.2, 0) is 4.74 Å². The smallest absolute Gasteiger partial charge is 0.335 e. The van der Waals surface area contributed by atoms with E-state index in [1.807, 2.05) is 0 Å². The van der Waals surface area contributed by atoms with Gasteiger partial charge in [-0.15, -0.1) is 0 Å². The molecule has 2 rings (SSSR count). The highest BCUT2D eigenvalue weighted by molar-refractivity contribution is 5.88. The van der Waals surface area contributed by atoms with Crippen LogP contribution in [0, 0.1) is 12.3 Å². The summed E-state index contributed by atoms with van der Waals surface area (Å²) in [6, 6.07) is 3.16. The minimum Gasteiger partial charge on any atom is -0.478 e. The Hall–Kier alpha value is -1.62. The molecule has 0 aromatic carbocycles. The number of nitrogens with one attached hydrogen (secondary N) is 1. The number of carboxylic acids is 1. The van der Waals surface area contributed by atoms with Crippen LogP contribution in [0.5, 0.6) is 0 Å². The maximum Gasteiger partial charge on any atom is 0.335 e.